The third-order valence-electron chi connectivity index (χ3n) is 5.45. The summed E-state index contributed by atoms with van der Waals surface area (Å²) in [6.07, 6.45) is -1.07. The molecule has 0 saturated heterocycles. The highest BCUT2D eigenvalue weighted by atomic mass is 16.4. The first-order valence-corrected chi connectivity index (χ1v) is 11.4. The smallest absolute Gasteiger partial charge is 0.328 e. The van der Waals surface area contributed by atoms with Crippen LogP contribution < -0.4 is 21.7 Å². The van der Waals surface area contributed by atoms with E-state index in [0.717, 1.165) is 5.56 Å². The molecule has 2 aromatic rings. The fraction of sp³-hybridized carbons (Fsp3) is 0.360. The second kappa shape index (κ2) is 13.9. The summed E-state index contributed by atoms with van der Waals surface area (Å²) in [5.74, 6) is -3.72. The highest BCUT2D eigenvalue weighted by Gasteiger charge is 2.31. The molecular weight excluding hydrogens is 468 g/mol. The van der Waals surface area contributed by atoms with Crippen LogP contribution in [-0.2, 0) is 32.0 Å². The van der Waals surface area contributed by atoms with Crippen molar-refractivity contribution in [3.8, 4) is 0 Å². The van der Waals surface area contributed by atoms with Crippen LogP contribution in [-0.4, -0.2) is 75.9 Å². The van der Waals surface area contributed by atoms with E-state index in [9.17, 15) is 34.5 Å². The predicted octanol–water partition coefficient (Wildman–Crippen LogP) is -1.29. The Hall–Kier alpha value is -3.80. The van der Waals surface area contributed by atoms with Gasteiger partial charge < -0.3 is 37.0 Å². The summed E-state index contributed by atoms with van der Waals surface area (Å²) in [7, 11) is 0. The van der Waals surface area contributed by atoms with E-state index in [1.54, 1.807) is 60.7 Å². The van der Waals surface area contributed by atoms with Crippen molar-refractivity contribution >= 4 is 23.7 Å². The van der Waals surface area contributed by atoms with Gasteiger partial charge in [-0.15, -0.1) is 0 Å². The standard InChI is InChI=1S/C25H32N4O7/c1-15(31)21(26)24(34)28-19(13-17-10-6-3-7-11-17)22(32)27-18(12-16-8-4-2-5-9-16)23(33)29-20(14-30)25(35)36/h2-11,15,18-21,30-31H,12-14,26H2,1H3,(H,27,32)(H,28,34)(H,29,33)(H,35,36). The average molecular weight is 501 g/mol. The highest BCUT2D eigenvalue weighted by Crippen LogP contribution is 2.08. The maximum Gasteiger partial charge on any atom is 0.328 e. The zero-order valence-corrected chi connectivity index (χ0v) is 19.8. The number of rotatable bonds is 13. The lowest BCUT2D eigenvalue weighted by Gasteiger charge is -2.25. The van der Waals surface area contributed by atoms with Gasteiger partial charge in [-0.05, 0) is 18.1 Å². The molecule has 36 heavy (non-hydrogen) atoms. The first-order valence-electron chi connectivity index (χ1n) is 11.4. The maximum absolute atomic E-state index is 13.3. The lowest BCUT2D eigenvalue weighted by Crippen LogP contribution is -2.59. The number of hydrogen-bond donors (Lipinski definition) is 7. The summed E-state index contributed by atoms with van der Waals surface area (Å²) in [5, 5.41) is 35.4. The van der Waals surface area contributed by atoms with Crippen LogP contribution in [0, 0.1) is 0 Å². The molecule has 11 nitrogen and oxygen atoms in total. The molecule has 0 aromatic heterocycles. The third-order valence-corrected chi connectivity index (χ3v) is 5.45. The molecule has 0 saturated carbocycles. The molecule has 194 valence electrons. The summed E-state index contributed by atoms with van der Waals surface area (Å²) in [6.45, 7) is 0.508. The zero-order chi connectivity index (χ0) is 26.7. The topological polar surface area (TPSA) is 191 Å². The van der Waals surface area contributed by atoms with Gasteiger partial charge >= 0.3 is 5.97 Å². The van der Waals surface area contributed by atoms with Gasteiger partial charge in [0.1, 0.15) is 24.2 Å². The van der Waals surface area contributed by atoms with Gasteiger partial charge in [0.25, 0.3) is 0 Å². The van der Waals surface area contributed by atoms with Gasteiger partial charge in [-0.2, -0.15) is 0 Å². The van der Waals surface area contributed by atoms with Crippen LogP contribution in [0.2, 0.25) is 0 Å². The van der Waals surface area contributed by atoms with Gasteiger partial charge in [0.15, 0.2) is 0 Å². The van der Waals surface area contributed by atoms with E-state index in [1.165, 1.54) is 6.92 Å². The summed E-state index contributed by atoms with van der Waals surface area (Å²) < 4.78 is 0. The molecule has 0 radical (unpaired) electrons. The number of benzene rings is 2. The minimum atomic E-state index is -1.56. The van der Waals surface area contributed by atoms with Crippen LogP contribution in [0.4, 0.5) is 0 Å². The van der Waals surface area contributed by atoms with Gasteiger partial charge in [-0.3, -0.25) is 14.4 Å². The Morgan fingerprint density at radius 2 is 1.14 bits per heavy atom. The monoisotopic (exact) mass is 500 g/mol. The molecule has 0 aliphatic carbocycles. The normalized spacial score (nSPS) is 15.0. The Morgan fingerprint density at radius 3 is 1.50 bits per heavy atom. The number of aliphatic hydroxyl groups excluding tert-OH is 2. The Bertz CT molecular complexity index is 1020. The first-order chi connectivity index (χ1) is 17.1. The molecule has 0 aliphatic rings. The SMILES string of the molecule is CC(O)C(N)C(=O)NC(Cc1ccccc1)C(=O)NC(Cc1ccccc1)C(=O)NC(CO)C(=O)O. The van der Waals surface area contributed by atoms with Crippen LogP contribution in [0.25, 0.3) is 0 Å². The number of hydrogen-bond acceptors (Lipinski definition) is 7. The number of nitrogens with two attached hydrogens (primary N) is 1. The van der Waals surface area contributed by atoms with Gasteiger partial charge in [0.2, 0.25) is 17.7 Å². The Morgan fingerprint density at radius 1 is 0.750 bits per heavy atom. The van der Waals surface area contributed by atoms with Crippen LogP contribution >= 0.6 is 0 Å². The molecule has 11 heteroatoms. The van der Waals surface area contributed by atoms with E-state index in [-0.39, 0.29) is 12.8 Å². The molecule has 2 aromatic carbocycles. The van der Waals surface area contributed by atoms with Crippen molar-refractivity contribution in [2.45, 2.75) is 50.0 Å². The molecule has 0 heterocycles. The van der Waals surface area contributed by atoms with E-state index in [4.69, 9.17) is 5.73 Å². The molecular formula is C25H32N4O7. The number of carbonyl (C=O) groups is 4. The van der Waals surface area contributed by atoms with E-state index in [1.807, 2.05) is 0 Å². The number of carboxylic acid groups (broad SMARTS) is 1. The fourth-order valence-electron chi connectivity index (χ4n) is 3.34. The Kier molecular flexibility index (Phi) is 11.0. The number of carbonyl (C=O) groups excluding carboxylic acids is 3. The molecule has 0 spiro atoms. The van der Waals surface area contributed by atoms with E-state index in [2.05, 4.69) is 16.0 Å². The number of nitrogens with one attached hydrogen (secondary N) is 3. The second-order valence-electron chi connectivity index (χ2n) is 8.35. The molecule has 8 N–H and O–H groups in total. The molecule has 5 atom stereocenters. The average Bonchev–Trinajstić information content (AvgIpc) is 2.86. The molecule has 0 bridgehead atoms. The van der Waals surface area contributed by atoms with E-state index >= 15 is 0 Å². The predicted molar refractivity (Wildman–Crippen MR) is 130 cm³/mol. The second-order valence-corrected chi connectivity index (χ2v) is 8.35. The lowest BCUT2D eigenvalue weighted by atomic mass is 10.0. The van der Waals surface area contributed by atoms with Crippen LogP contribution in [0.1, 0.15) is 18.1 Å². The van der Waals surface area contributed by atoms with E-state index in [0.29, 0.717) is 5.56 Å². The van der Waals surface area contributed by atoms with Crippen molar-refractivity contribution in [1.82, 2.24) is 16.0 Å². The van der Waals surface area contributed by atoms with Gasteiger partial charge in [-0.1, -0.05) is 60.7 Å². The summed E-state index contributed by atoms with van der Waals surface area (Å²) in [6, 6.07) is 12.4. The first kappa shape index (κ1) is 28.4. The van der Waals surface area contributed by atoms with Crippen LogP contribution in [0.3, 0.4) is 0 Å². The maximum atomic E-state index is 13.3. The third kappa shape index (κ3) is 8.77. The van der Waals surface area contributed by atoms with Gasteiger partial charge in [0, 0.05) is 12.8 Å². The van der Waals surface area contributed by atoms with Crippen molar-refractivity contribution in [3.05, 3.63) is 71.8 Å². The minimum absolute atomic E-state index is 0.0232. The van der Waals surface area contributed by atoms with Crippen molar-refractivity contribution in [3.63, 3.8) is 0 Å². The molecule has 0 fully saturated rings. The van der Waals surface area contributed by atoms with E-state index < -0.39 is 60.6 Å². The van der Waals surface area contributed by atoms with Gasteiger partial charge in [-0.25, -0.2) is 4.79 Å². The Balaban J connectivity index is 2.28. The van der Waals surface area contributed by atoms with Crippen molar-refractivity contribution in [2.24, 2.45) is 5.73 Å². The quantitative estimate of drug-likeness (QED) is 0.177. The van der Waals surface area contributed by atoms with Crippen LogP contribution in [0.5, 0.6) is 0 Å². The number of aliphatic hydroxyl groups is 2. The number of aliphatic carboxylic acids is 1. The van der Waals surface area contributed by atoms with Crippen molar-refractivity contribution in [2.75, 3.05) is 6.61 Å². The van der Waals surface area contributed by atoms with Crippen molar-refractivity contribution in [1.29, 1.82) is 0 Å². The summed E-state index contributed by atoms with van der Waals surface area (Å²) >= 11 is 0. The summed E-state index contributed by atoms with van der Waals surface area (Å²) in [5.41, 5.74) is 7.12. The Labute approximate surface area is 208 Å². The molecule has 0 aliphatic heterocycles. The van der Waals surface area contributed by atoms with Gasteiger partial charge in [0.05, 0.1) is 12.7 Å². The van der Waals surface area contributed by atoms with Crippen molar-refractivity contribution < 1.29 is 34.5 Å². The number of amides is 3. The fourth-order valence-corrected chi connectivity index (χ4v) is 3.34. The number of carboxylic acids is 1. The molecule has 5 unspecified atom stereocenters. The zero-order valence-electron chi connectivity index (χ0n) is 19.8. The molecule has 3 amide bonds. The molecule has 2 rings (SSSR count). The lowest BCUT2D eigenvalue weighted by molar-refractivity contribution is -0.143. The summed E-state index contributed by atoms with van der Waals surface area (Å²) in [4.78, 5) is 50.0. The highest BCUT2D eigenvalue weighted by molar-refractivity contribution is 5.94. The minimum Gasteiger partial charge on any atom is -0.480 e. The van der Waals surface area contributed by atoms with Crippen LogP contribution in [0.15, 0.2) is 60.7 Å². The largest absolute Gasteiger partial charge is 0.480 e.